The van der Waals surface area contributed by atoms with Crippen LogP contribution < -0.4 is 5.32 Å². The Morgan fingerprint density at radius 3 is 2.48 bits per heavy atom. The van der Waals surface area contributed by atoms with Crippen LogP contribution in [0.4, 0.5) is 0 Å². The van der Waals surface area contributed by atoms with Crippen LogP contribution in [0.15, 0.2) is 12.4 Å². The molecule has 0 radical (unpaired) electrons. The van der Waals surface area contributed by atoms with Gasteiger partial charge >= 0.3 is 0 Å². The van der Waals surface area contributed by atoms with E-state index in [1.165, 1.54) is 77.2 Å². The minimum Gasteiger partial charge on any atom is -0.354 e. The number of aromatic nitrogens is 1. The van der Waals surface area contributed by atoms with E-state index in [2.05, 4.69) is 36.2 Å². The van der Waals surface area contributed by atoms with E-state index in [9.17, 15) is 0 Å². The van der Waals surface area contributed by atoms with Crippen LogP contribution in [0.5, 0.6) is 0 Å². The van der Waals surface area contributed by atoms with Crippen molar-refractivity contribution in [2.75, 3.05) is 7.05 Å². The zero-order chi connectivity index (χ0) is 14.9. The monoisotopic (exact) mass is 290 g/mol. The lowest BCUT2D eigenvalue weighted by atomic mass is 9.91. The predicted octanol–water partition coefficient (Wildman–Crippen LogP) is 5.23. The summed E-state index contributed by atoms with van der Waals surface area (Å²) in [5.41, 5.74) is 3.14. The zero-order valence-electron chi connectivity index (χ0n) is 14.2. The molecule has 120 valence electrons. The standard InChI is InChI=1S/C19H34N2/c1-3-4-5-6-7-8-9-10-14-21-15-17-12-11-13-19(20-2)18(17)16-21/h15-16,19-20H,3-14H2,1-2H3. The highest BCUT2D eigenvalue weighted by atomic mass is 15.0. The Bertz CT molecular complexity index is 394. The summed E-state index contributed by atoms with van der Waals surface area (Å²) in [7, 11) is 2.09. The maximum Gasteiger partial charge on any atom is 0.0335 e. The van der Waals surface area contributed by atoms with Gasteiger partial charge in [0, 0.05) is 25.0 Å². The predicted molar refractivity (Wildman–Crippen MR) is 91.8 cm³/mol. The van der Waals surface area contributed by atoms with Crippen LogP contribution in [0.25, 0.3) is 0 Å². The van der Waals surface area contributed by atoms with Crippen LogP contribution >= 0.6 is 0 Å². The lowest BCUT2D eigenvalue weighted by Gasteiger charge is -2.21. The molecule has 2 nitrogen and oxygen atoms in total. The minimum absolute atomic E-state index is 0.591. The topological polar surface area (TPSA) is 17.0 Å². The average molecular weight is 290 g/mol. The van der Waals surface area contributed by atoms with Crippen LogP contribution in [0.1, 0.15) is 88.3 Å². The van der Waals surface area contributed by atoms with Gasteiger partial charge in [-0.05, 0) is 43.9 Å². The third-order valence-electron chi connectivity index (χ3n) is 4.93. The van der Waals surface area contributed by atoms with Gasteiger partial charge in [-0.15, -0.1) is 0 Å². The smallest absolute Gasteiger partial charge is 0.0335 e. The maximum absolute atomic E-state index is 3.46. The zero-order valence-corrected chi connectivity index (χ0v) is 14.2. The van der Waals surface area contributed by atoms with Crippen LogP contribution in [0, 0.1) is 0 Å². The number of unbranched alkanes of at least 4 members (excludes halogenated alkanes) is 7. The fraction of sp³-hybridized carbons (Fsp3) is 0.789. The van der Waals surface area contributed by atoms with E-state index < -0.39 is 0 Å². The number of nitrogens with zero attached hydrogens (tertiary/aromatic N) is 1. The molecule has 0 fully saturated rings. The maximum atomic E-state index is 3.46. The first kappa shape index (κ1) is 16.6. The van der Waals surface area contributed by atoms with E-state index in [0.717, 1.165) is 0 Å². The summed E-state index contributed by atoms with van der Waals surface area (Å²) in [6, 6.07) is 0.591. The van der Waals surface area contributed by atoms with E-state index in [1.807, 2.05) is 0 Å². The molecular weight excluding hydrogens is 256 g/mol. The largest absolute Gasteiger partial charge is 0.354 e. The van der Waals surface area contributed by atoms with Gasteiger partial charge in [0.2, 0.25) is 0 Å². The summed E-state index contributed by atoms with van der Waals surface area (Å²) in [5.74, 6) is 0. The number of fused-ring (bicyclic) bond motifs is 1. The first-order valence-corrected chi connectivity index (χ1v) is 9.21. The third kappa shape index (κ3) is 5.18. The average Bonchev–Trinajstić information content (AvgIpc) is 2.92. The van der Waals surface area contributed by atoms with Gasteiger partial charge in [-0.25, -0.2) is 0 Å². The molecule has 1 aromatic rings. The van der Waals surface area contributed by atoms with Gasteiger partial charge in [0.05, 0.1) is 0 Å². The summed E-state index contributed by atoms with van der Waals surface area (Å²) < 4.78 is 2.44. The molecule has 1 aromatic heterocycles. The molecule has 1 unspecified atom stereocenters. The first-order valence-electron chi connectivity index (χ1n) is 9.21. The molecule has 1 aliphatic rings. The van der Waals surface area contributed by atoms with Crippen LogP contribution in [-0.4, -0.2) is 11.6 Å². The molecular formula is C19H34N2. The lowest BCUT2D eigenvalue weighted by Crippen LogP contribution is -2.20. The van der Waals surface area contributed by atoms with Crippen molar-refractivity contribution in [3.63, 3.8) is 0 Å². The highest BCUT2D eigenvalue weighted by Crippen LogP contribution is 2.30. The molecule has 0 aromatic carbocycles. The van der Waals surface area contributed by atoms with Gasteiger partial charge in [-0.3, -0.25) is 0 Å². The van der Waals surface area contributed by atoms with Crippen molar-refractivity contribution in [2.24, 2.45) is 0 Å². The highest BCUT2D eigenvalue weighted by molar-refractivity contribution is 5.30. The Balaban J connectivity index is 1.64. The molecule has 2 heteroatoms. The Morgan fingerprint density at radius 1 is 1.05 bits per heavy atom. The summed E-state index contributed by atoms with van der Waals surface area (Å²) in [6.07, 6.45) is 19.9. The molecule has 0 bridgehead atoms. The Hall–Kier alpha value is -0.760. The van der Waals surface area contributed by atoms with E-state index in [0.29, 0.717) is 6.04 Å². The molecule has 1 aliphatic carbocycles. The van der Waals surface area contributed by atoms with Crippen molar-refractivity contribution in [2.45, 2.75) is 90.1 Å². The van der Waals surface area contributed by atoms with Gasteiger partial charge < -0.3 is 9.88 Å². The minimum atomic E-state index is 0.591. The quantitative estimate of drug-likeness (QED) is 0.584. The fourth-order valence-electron chi connectivity index (χ4n) is 3.61. The SMILES string of the molecule is CCCCCCCCCCn1cc2c(c1)C(NC)CCC2. The van der Waals surface area contributed by atoms with E-state index >= 15 is 0 Å². The second-order valence-electron chi connectivity index (χ2n) is 6.68. The molecule has 0 amide bonds. The molecule has 0 saturated carbocycles. The van der Waals surface area contributed by atoms with Crippen molar-refractivity contribution >= 4 is 0 Å². The van der Waals surface area contributed by atoms with Gasteiger partial charge in [-0.2, -0.15) is 0 Å². The van der Waals surface area contributed by atoms with Crippen LogP contribution in [-0.2, 0) is 13.0 Å². The fourth-order valence-corrected chi connectivity index (χ4v) is 3.61. The first-order chi connectivity index (χ1) is 10.3. The van der Waals surface area contributed by atoms with E-state index in [4.69, 9.17) is 0 Å². The normalized spacial score (nSPS) is 17.9. The molecule has 0 aliphatic heterocycles. The van der Waals surface area contributed by atoms with Crippen molar-refractivity contribution in [1.29, 1.82) is 0 Å². The number of nitrogens with one attached hydrogen (secondary N) is 1. The lowest BCUT2D eigenvalue weighted by molar-refractivity contribution is 0.498. The molecule has 1 atom stereocenters. The van der Waals surface area contributed by atoms with Crippen LogP contribution in [0.3, 0.4) is 0 Å². The van der Waals surface area contributed by atoms with E-state index in [1.54, 1.807) is 11.1 Å². The van der Waals surface area contributed by atoms with Gasteiger partial charge in [0.15, 0.2) is 0 Å². The second kappa shape index (κ2) is 9.30. The summed E-state index contributed by atoms with van der Waals surface area (Å²) in [6.45, 7) is 3.49. The van der Waals surface area contributed by atoms with Crippen LogP contribution in [0.2, 0.25) is 0 Å². The van der Waals surface area contributed by atoms with Crippen molar-refractivity contribution in [3.05, 3.63) is 23.5 Å². The highest BCUT2D eigenvalue weighted by Gasteiger charge is 2.20. The Morgan fingerprint density at radius 2 is 1.76 bits per heavy atom. The second-order valence-corrected chi connectivity index (χ2v) is 6.68. The summed E-state index contributed by atoms with van der Waals surface area (Å²) in [4.78, 5) is 0. The number of hydrogen-bond donors (Lipinski definition) is 1. The van der Waals surface area contributed by atoms with Crippen molar-refractivity contribution in [1.82, 2.24) is 9.88 Å². The number of rotatable bonds is 10. The van der Waals surface area contributed by atoms with Gasteiger partial charge in [-0.1, -0.05) is 51.9 Å². The Kier molecular flexibility index (Phi) is 7.35. The molecule has 0 spiro atoms. The van der Waals surface area contributed by atoms with Gasteiger partial charge in [0.25, 0.3) is 0 Å². The molecule has 1 heterocycles. The van der Waals surface area contributed by atoms with Gasteiger partial charge in [0.1, 0.15) is 0 Å². The van der Waals surface area contributed by atoms with Crippen molar-refractivity contribution in [3.8, 4) is 0 Å². The molecule has 1 N–H and O–H groups in total. The molecule has 2 rings (SSSR count). The van der Waals surface area contributed by atoms with Crippen molar-refractivity contribution < 1.29 is 0 Å². The Labute approximate surface area is 131 Å². The number of aryl methyl sites for hydroxylation is 2. The molecule has 0 saturated heterocycles. The summed E-state index contributed by atoms with van der Waals surface area (Å²) >= 11 is 0. The molecule has 21 heavy (non-hydrogen) atoms. The number of hydrogen-bond acceptors (Lipinski definition) is 1. The summed E-state index contributed by atoms with van der Waals surface area (Å²) in [5, 5.41) is 3.46. The third-order valence-corrected chi connectivity index (χ3v) is 4.93. The van der Waals surface area contributed by atoms with E-state index in [-0.39, 0.29) is 0 Å².